The molecule has 2 aliphatic rings. The number of imide groups is 1. The van der Waals surface area contributed by atoms with Gasteiger partial charge in [0.05, 0.1) is 38.6 Å². The van der Waals surface area contributed by atoms with E-state index in [0.29, 0.717) is 11.5 Å². The zero-order valence-electron chi connectivity index (χ0n) is 30.2. The third-order valence-corrected chi connectivity index (χ3v) is 10.1. The quantitative estimate of drug-likeness (QED) is 0.0774. The first-order valence-corrected chi connectivity index (χ1v) is 17.6. The number of hydroxylamine groups is 3. The van der Waals surface area contributed by atoms with E-state index in [4.69, 9.17) is 23.7 Å². The van der Waals surface area contributed by atoms with Crippen LogP contribution in [0.3, 0.4) is 0 Å². The Morgan fingerprint density at radius 3 is 1.87 bits per heavy atom. The highest BCUT2D eigenvalue weighted by molar-refractivity contribution is 6.14. The zero-order chi connectivity index (χ0) is 38.9. The summed E-state index contributed by atoms with van der Waals surface area (Å²) in [5, 5.41) is 25.5. The van der Waals surface area contributed by atoms with E-state index >= 15 is 0 Å². The number of quaternary nitrogens is 1. The predicted octanol–water partition coefficient (Wildman–Crippen LogP) is 3.82. The maximum atomic E-state index is 13.7. The number of carbonyl (C=O) groups is 2. The lowest BCUT2D eigenvalue weighted by Crippen LogP contribution is -2.50. The Morgan fingerprint density at radius 2 is 1.33 bits per heavy atom. The van der Waals surface area contributed by atoms with E-state index in [1.807, 2.05) is 78.9 Å². The van der Waals surface area contributed by atoms with Gasteiger partial charge in [-0.2, -0.15) is 0 Å². The van der Waals surface area contributed by atoms with Crippen LogP contribution in [-0.2, 0) is 19.8 Å². The van der Waals surface area contributed by atoms with Crippen molar-refractivity contribution in [2.24, 2.45) is 0 Å². The van der Waals surface area contributed by atoms with Gasteiger partial charge in [-0.05, 0) is 60.0 Å². The summed E-state index contributed by atoms with van der Waals surface area (Å²) in [4.78, 5) is 53.8. The summed E-state index contributed by atoms with van der Waals surface area (Å²) < 4.78 is 29.5. The minimum Gasteiger partial charge on any atom is -0.617 e. The van der Waals surface area contributed by atoms with Crippen molar-refractivity contribution in [2.75, 3.05) is 34.0 Å². The van der Waals surface area contributed by atoms with Crippen LogP contribution in [0.5, 0.6) is 11.5 Å². The minimum absolute atomic E-state index is 0.0210. The number of aromatic nitrogens is 2. The van der Waals surface area contributed by atoms with Gasteiger partial charge in [0, 0.05) is 11.8 Å². The van der Waals surface area contributed by atoms with Crippen LogP contribution in [0.15, 0.2) is 119 Å². The summed E-state index contributed by atoms with van der Waals surface area (Å²) in [5.41, 5.74) is -0.293. The maximum absolute atomic E-state index is 13.7. The molecule has 3 heterocycles. The number of nitrogens with zero attached hydrogens (tertiary/aromatic N) is 2. The predicted molar refractivity (Wildman–Crippen MR) is 198 cm³/mol. The second kappa shape index (κ2) is 15.2. The van der Waals surface area contributed by atoms with Crippen molar-refractivity contribution in [3.63, 3.8) is 0 Å². The number of ether oxygens (including phenoxy) is 5. The molecule has 55 heavy (non-hydrogen) atoms. The number of amides is 2. The number of fused-ring (bicyclic) bond motifs is 1. The Labute approximate surface area is 315 Å². The fourth-order valence-electron chi connectivity index (χ4n) is 7.17. The van der Waals surface area contributed by atoms with E-state index in [-0.39, 0.29) is 23.3 Å². The molecular weight excluding hydrogens is 710 g/mol. The lowest BCUT2D eigenvalue weighted by atomic mass is 9.80. The number of aromatic amines is 1. The lowest BCUT2D eigenvalue weighted by Gasteiger charge is -2.37. The van der Waals surface area contributed by atoms with Crippen LogP contribution in [0, 0.1) is 12.1 Å². The van der Waals surface area contributed by atoms with Gasteiger partial charge in [0.2, 0.25) is 0 Å². The summed E-state index contributed by atoms with van der Waals surface area (Å²) >= 11 is 0. The average Bonchev–Trinajstić information content (AvgIpc) is 3.62. The van der Waals surface area contributed by atoms with Gasteiger partial charge in [0.1, 0.15) is 42.0 Å². The molecule has 0 aliphatic carbocycles. The number of methoxy groups -OCH3 is 2. The molecule has 2 amide bonds. The fraction of sp³-hybridized carbons (Fsp3) is 0.268. The first-order valence-electron chi connectivity index (χ1n) is 17.6. The number of benzene rings is 4. The number of aliphatic hydroxyl groups excluding tert-OH is 1. The van der Waals surface area contributed by atoms with Gasteiger partial charge in [-0.1, -0.05) is 66.7 Å². The summed E-state index contributed by atoms with van der Waals surface area (Å²) in [6, 6.07) is 30.2. The molecule has 1 fully saturated rings. The Morgan fingerprint density at radius 1 is 0.800 bits per heavy atom. The van der Waals surface area contributed by atoms with Gasteiger partial charge < -0.3 is 34.0 Å². The van der Waals surface area contributed by atoms with Crippen molar-refractivity contribution >= 4 is 11.8 Å². The number of aryl methyl sites for hydroxylation is 1. The smallest absolute Gasteiger partial charge is 0.354 e. The molecule has 14 heteroatoms. The topological polar surface area (TPSA) is 178 Å². The summed E-state index contributed by atoms with van der Waals surface area (Å²) in [5.74, 6) is -0.584. The molecule has 0 saturated carbocycles. The number of hydrogen-bond acceptors (Lipinski definition) is 11. The molecular formula is C41H39N3O11. The van der Waals surface area contributed by atoms with Crippen molar-refractivity contribution in [1.29, 1.82) is 0 Å². The SMILES string of the molecule is COc1ccc(C(OC[C@H]2O[C@@H](n3cc(C)c(=O)[nH]c3=O)[C@H](OCC[N+]3([O-])C(=O)c4ccccc4C3=O)[C@@H]2O)(c2ccccc2)c2ccc(OC)cc2)cc1. The highest BCUT2D eigenvalue weighted by Crippen LogP contribution is 2.43. The van der Waals surface area contributed by atoms with Crippen LogP contribution >= 0.6 is 0 Å². The number of rotatable bonds is 13. The molecule has 4 aromatic carbocycles. The Kier molecular flexibility index (Phi) is 10.4. The molecule has 4 atom stereocenters. The molecule has 14 nitrogen and oxygen atoms in total. The first kappa shape index (κ1) is 37.6. The van der Waals surface area contributed by atoms with Crippen molar-refractivity contribution in [1.82, 2.24) is 9.55 Å². The van der Waals surface area contributed by atoms with Crippen LogP contribution in [0.1, 0.15) is 49.2 Å². The van der Waals surface area contributed by atoms with Gasteiger partial charge in [-0.3, -0.25) is 14.3 Å². The minimum atomic E-state index is -1.80. The van der Waals surface area contributed by atoms with E-state index in [2.05, 4.69) is 4.98 Å². The van der Waals surface area contributed by atoms with Crippen molar-refractivity contribution in [2.45, 2.75) is 37.1 Å². The van der Waals surface area contributed by atoms with Gasteiger partial charge in [0.15, 0.2) is 6.23 Å². The van der Waals surface area contributed by atoms with Crippen LogP contribution in [-0.4, -0.2) is 83.4 Å². The summed E-state index contributed by atoms with van der Waals surface area (Å²) in [7, 11) is 3.14. The molecule has 0 bridgehead atoms. The number of nitrogens with one attached hydrogen (secondary N) is 1. The Balaban J connectivity index is 1.23. The molecule has 1 saturated heterocycles. The molecule has 7 rings (SSSR count). The zero-order valence-corrected chi connectivity index (χ0v) is 30.2. The van der Waals surface area contributed by atoms with E-state index < -0.39 is 71.0 Å². The Hall–Kier alpha value is -5.74. The highest BCUT2D eigenvalue weighted by Gasteiger charge is 2.50. The molecule has 2 N–H and O–H groups in total. The lowest BCUT2D eigenvalue weighted by molar-refractivity contribution is -0.709. The van der Waals surface area contributed by atoms with Crippen LogP contribution < -0.4 is 20.7 Å². The Bertz CT molecular complexity index is 2220. The van der Waals surface area contributed by atoms with E-state index in [1.165, 1.54) is 25.3 Å². The standard InChI is InChI=1S/C41H39N3O11/c1-25-23-43(40(49)42-36(25)46)37-35(53-22-21-44(50)38(47)31-11-7-8-12-32(31)39(44)48)34(45)33(55-37)24-54-41(26-9-5-4-6-10-26,27-13-17-29(51-2)18-14-27)28-15-19-30(52-3)20-16-28/h4-20,23,33-35,37,45H,21-22,24H2,1-3H3,(H,42,46,49)/t33-,34-,35-,37-/m1/s1. The molecule has 2 aliphatic heterocycles. The molecule has 0 unspecified atom stereocenters. The molecule has 0 radical (unpaired) electrons. The third kappa shape index (κ3) is 6.69. The molecule has 284 valence electrons. The summed E-state index contributed by atoms with van der Waals surface area (Å²) in [6.45, 7) is 0.180. The van der Waals surface area contributed by atoms with Crippen LogP contribution in [0.4, 0.5) is 0 Å². The maximum Gasteiger partial charge on any atom is 0.354 e. The van der Waals surface area contributed by atoms with Gasteiger partial charge in [-0.15, -0.1) is 0 Å². The van der Waals surface area contributed by atoms with Gasteiger partial charge in [-0.25, -0.2) is 19.0 Å². The van der Waals surface area contributed by atoms with Gasteiger partial charge >= 0.3 is 17.5 Å². The number of carbonyl (C=O) groups excluding carboxylic acids is 2. The molecule has 5 aromatic rings. The van der Waals surface area contributed by atoms with Crippen LogP contribution in [0.2, 0.25) is 0 Å². The second-order valence-corrected chi connectivity index (χ2v) is 13.3. The average molecular weight is 750 g/mol. The van der Waals surface area contributed by atoms with Crippen molar-refractivity contribution in [3.05, 3.63) is 169 Å². The van der Waals surface area contributed by atoms with Crippen molar-refractivity contribution in [3.8, 4) is 11.5 Å². The van der Waals surface area contributed by atoms with E-state index in [0.717, 1.165) is 21.3 Å². The molecule has 1 aromatic heterocycles. The van der Waals surface area contributed by atoms with E-state index in [1.54, 1.807) is 26.4 Å². The number of hydrogen-bond donors (Lipinski definition) is 2. The first-order chi connectivity index (χ1) is 26.5. The van der Waals surface area contributed by atoms with E-state index in [9.17, 15) is 29.5 Å². The third-order valence-electron chi connectivity index (χ3n) is 10.1. The number of aliphatic hydroxyl groups is 1. The largest absolute Gasteiger partial charge is 0.617 e. The molecule has 0 spiro atoms. The normalized spacial score (nSPS) is 20.4. The second-order valence-electron chi connectivity index (χ2n) is 13.3. The fourth-order valence-corrected chi connectivity index (χ4v) is 7.17. The monoisotopic (exact) mass is 749 g/mol. The van der Waals surface area contributed by atoms with Gasteiger partial charge in [0.25, 0.3) is 5.56 Å². The van der Waals surface area contributed by atoms with Crippen LogP contribution in [0.25, 0.3) is 0 Å². The highest BCUT2D eigenvalue weighted by atomic mass is 16.6. The number of H-pyrrole nitrogens is 1. The summed E-state index contributed by atoms with van der Waals surface area (Å²) in [6.07, 6.45) is -3.95. The van der Waals surface area contributed by atoms with Crippen molar-refractivity contribution < 1.29 is 43.0 Å².